The van der Waals surface area contributed by atoms with Gasteiger partial charge in [0.25, 0.3) is 5.56 Å². The molecule has 0 radical (unpaired) electrons. The van der Waals surface area contributed by atoms with Gasteiger partial charge in [-0.05, 0) is 18.1 Å². The van der Waals surface area contributed by atoms with Crippen molar-refractivity contribution < 1.29 is 0 Å². The average molecular weight is 315 g/mol. The topological polar surface area (TPSA) is 87.3 Å². The van der Waals surface area contributed by atoms with Crippen molar-refractivity contribution in [2.75, 3.05) is 0 Å². The van der Waals surface area contributed by atoms with Crippen molar-refractivity contribution in [3.63, 3.8) is 0 Å². The number of fused-ring (bicyclic) bond motifs is 1. The Kier molecular flexibility index (Phi) is 4.24. The minimum atomic E-state index is -0.114. The molecule has 0 bridgehead atoms. The zero-order valence-electron chi connectivity index (χ0n) is 12.5. The molecule has 0 fully saturated rings. The minimum Gasteiger partial charge on any atom is -0.309 e. The number of H-pyrrole nitrogens is 2. The molecule has 2 N–H and O–H groups in total. The van der Waals surface area contributed by atoms with Crippen molar-refractivity contribution in [3.8, 4) is 0 Å². The van der Waals surface area contributed by atoms with Crippen LogP contribution >= 0.6 is 11.8 Å². The number of aromatic nitrogens is 5. The van der Waals surface area contributed by atoms with Gasteiger partial charge in [-0.2, -0.15) is 0 Å². The zero-order valence-corrected chi connectivity index (χ0v) is 13.3. The fourth-order valence-corrected chi connectivity index (χ4v) is 2.84. The molecule has 114 valence electrons. The van der Waals surface area contributed by atoms with E-state index in [-0.39, 0.29) is 5.56 Å². The van der Waals surface area contributed by atoms with Crippen LogP contribution in [-0.2, 0) is 12.2 Å². The molecule has 0 aliphatic rings. The maximum atomic E-state index is 12.0. The van der Waals surface area contributed by atoms with Gasteiger partial charge in [-0.15, -0.1) is 5.10 Å². The fraction of sp³-hybridized carbons (Fsp3) is 0.333. The Bertz CT molecular complexity index is 839. The third-order valence-electron chi connectivity index (χ3n) is 3.11. The number of aromatic amines is 2. The highest BCUT2D eigenvalue weighted by Gasteiger charge is 2.08. The molecule has 0 amide bonds. The standard InChI is InChI=1S/C15H17N5OS/c1-9(2)7-12-18-15(20-19-12)22-8-13-16-11-6-4-3-5-10(11)14(21)17-13/h3-6,9H,7-8H2,1-2H3,(H,16,17,21)(H,18,19,20). The van der Waals surface area contributed by atoms with Crippen LogP contribution in [0.3, 0.4) is 0 Å². The molecule has 3 aromatic rings. The highest BCUT2D eigenvalue weighted by atomic mass is 32.2. The monoisotopic (exact) mass is 315 g/mol. The molecule has 22 heavy (non-hydrogen) atoms. The van der Waals surface area contributed by atoms with Gasteiger partial charge in [0.1, 0.15) is 11.6 Å². The summed E-state index contributed by atoms with van der Waals surface area (Å²) in [5.74, 6) is 2.57. The number of benzene rings is 1. The van der Waals surface area contributed by atoms with Crippen LogP contribution in [-0.4, -0.2) is 25.1 Å². The maximum absolute atomic E-state index is 12.0. The highest BCUT2D eigenvalue weighted by molar-refractivity contribution is 7.98. The molecule has 2 heterocycles. The first-order valence-corrected chi connectivity index (χ1v) is 8.12. The first kappa shape index (κ1) is 14.8. The van der Waals surface area contributed by atoms with Crippen molar-refractivity contribution in [3.05, 3.63) is 46.3 Å². The van der Waals surface area contributed by atoms with E-state index in [1.54, 1.807) is 6.07 Å². The van der Waals surface area contributed by atoms with E-state index in [4.69, 9.17) is 0 Å². The Balaban J connectivity index is 1.74. The van der Waals surface area contributed by atoms with Gasteiger partial charge in [0.05, 0.1) is 16.7 Å². The Morgan fingerprint density at radius 1 is 1.18 bits per heavy atom. The van der Waals surface area contributed by atoms with E-state index in [1.165, 1.54) is 11.8 Å². The molecule has 1 aromatic carbocycles. The molecule has 0 aliphatic carbocycles. The van der Waals surface area contributed by atoms with Crippen LogP contribution in [0.25, 0.3) is 10.9 Å². The largest absolute Gasteiger partial charge is 0.309 e. The summed E-state index contributed by atoms with van der Waals surface area (Å²) in [7, 11) is 0. The summed E-state index contributed by atoms with van der Waals surface area (Å²) in [4.78, 5) is 23.7. The SMILES string of the molecule is CC(C)Cc1nc(SCc2nc3ccccc3c(=O)[nH]2)n[nH]1. The van der Waals surface area contributed by atoms with Gasteiger partial charge in [-0.3, -0.25) is 9.89 Å². The van der Waals surface area contributed by atoms with Crippen molar-refractivity contribution in [2.45, 2.75) is 31.2 Å². The third kappa shape index (κ3) is 3.36. The summed E-state index contributed by atoms with van der Waals surface area (Å²) < 4.78 is 0. The smallest absolute Gasteiger partial charge is 0.258 e. The molecular formula is C15H17N5OS. The van der Waals surface area contributed by atoms with E-state index < -0.39 is 0 Å². The van der Waals surface area contributed by atoms with Gasteiger partial charge >= 0.3 is 0 Å². The van der Waals surface area contributed by atoms with Gasteiger partial charge in [0, 0.05) is 6.42 Å². The summed E-state index contributed by atoms with van der Waals surface area (Å²) in [6.45, 7) is 4.28. The number of thioether (sulfide) groups is 1. The molecule has 0 spiro atoms. The summed E-state index contributed by atoms with van der Waals surface area (Å²) in [6, 6.07) is 7.31. The number of hydrogen-bond acceptors (Lipinski definition) is 5. The van der Waals surface area contributed by atoms with Crippen LogP contribution < -0.4 is 5.56 Å². The predicted octanol–water partition coefficient (Wildman–Crippen LogP) is 2.53. The maximum Gasteiger partial charge on any atom is 0.258 e. The van der Waals surface area contributed by atoms with E-state index in [0.29, 0.717) is 33.6 Å². The lowest BCUT2D eigenvalue weighted by Crippen LogP contribution is -2.11. The van der Waals surface area contributed by atoms with Gasteiger partial charge in [-0.1, -0.05) is 37.7 Å². The van der Waals surface area contributed by atoms with Crippen LogP contribution in [0.4, 0.5) is 0 Å². The fourth-order valence-electron chi connectivity index (χ4n) is 2.16. The first-order chi connectivity index (χ1) is 10.6. The number of rotatable bonds is 5. The molecular weight excluding hydrogens is 298 g/mol. The van der Waals surface area contributed by atoms with Crippen LogP contribution in [0.2, 0.25) is 0 Å². The molecule has 0 saturated carbocycles. The third-order valence-corrected chi connectivity index (χ3v) is 3.97. The molecule has 0 unspecified atom stereocenters. The van der Waals surface area contributed by atoms with Crippen LogP contribution in [0, 0.1) is 5.92 Å². The molecule has 0 aliphatic heterocycles. The quantitative estimate of drug-likeness (QED) is 0.706. The minimum absolute atomic E-state index is 0.114. The first-order valence-electron chi connectivity index (χ1n) is 7.14. The zero-order chi connectivity index (χ0) is 15.5. The second-order valence-electron chi connectivity index (χ2n) is 5.48. The summed E-state index contributed by atoms with van der Waals surface area (Å²) in [5, 5.41) is 8.39. The van der Waals surface area contributed by atoms with Crippen molar-refractivity contribution in [1.29, 1.82) is 0 Å². The second-order valence-corrected chi connectivity index (χ2v) is 6.42. The average Bonchev–Trinajstić information content (AvgIpc) is 2.92. The number of hydrogen-bond donors (Lipinski definition) is 2. The summed E-state index contributed by atoms with van der Waals surface area (Å²) in [6.07, 6.45) is 0.874. The van der Waals surface area contributed by atoms with Crippen molar-refractivity contribution >= 4 is 22.7 Å². The van der Waals surface area contributed by atoms with Gasteiger partial charge in [0.15, 0.2) is 0 Å². The lowest BCUT2D eigenvalue weighted by molar-refractivity contribution is 0.622. The number of nitrogens with one attached hydrogen (secondary N) is 2. The summed E-state index contributed by atoms with van der Waals surface area (Å²) in [5.41, 5.74) is 0.592. The Labute approximate surface area is 131 Å². The van der Waals surface area contributed by atoms with Crippen LogP contribution in [0.15, 0.2) is 34.2 Å². The molecule has 2 aromatic heterocycles. The van der Waals surface area contributed by atoms with Crippen molar-refractivity contribution in [1.82, 2.24) is 25.1 Å². The van der Waals surface area contributed by atoms with E-state index in [1.807, 2.05) is 18.2 Å². The molecule has 7 heteroatoms. The lowest BCUT2D eigenvalue weighted by Gasteiger charge is -2.01. The molecule has 6 nitrogen and oxygen atoms in total. The molecule has 3 rings (SSSR count). The van der Waals surface area contributed by atoms with E-state index in [2.05, 4.69) is 39.0 Å². The lowest BCUT2D eigenvalue weighted by atomic mass is 10.1. The number of para-hydroxylation sites is 1. The van der Waals surface area contributed by atoms with Crippen LogP contribution in [0.1, 0.15) is 25.5 Å². The summed E-state index contributed by atoms with van der Waals surface area (Å²) >= 11 is 1.45. The highest BCUT2D eigenvalue weighted by Crippen LogP contribution is 2.18. The Morgan fingerprint density at radius 2 is 2.00 bits per heavy atom. The molecule has 0 saturated heterocycles. The van der Waals surface area contributed by atoms with Gasteiger partial charge < -0.3 is 4.98 Å². The van der Waals surface area contributed by atoms with Gasteiger partial charge in [0.2, 0.25) is 5.16 Å². The Morgan fingerprint density at radius 3 is 2.82 bits per heavy atom. The van der Waals surface area contributed by atoms with Gasteiger partial charge in [-0.25, -0.2) is 9.97 Å². The Hall–Kier alpha value is -2.15. The van der Waals surface area contributed by atoms with Crippen LogP contribution in [0.5, 0.6) is 0 Å². The van der Waals surface area contributed by atoms with Crippen molar-refractivity contribution in [2.24, 2.45) is 5.92 Å². The normalized spacial score (nSPS) is 11.4. The second kappa shape index (κ2) is 6.31. The molecule has 0 atom stereocenters. The van der Waals surface area contributed by atoms with E-state index in [9.17, 15) is 4.79 Å². The predicted molar refractivity (Wildman–Crippen MR) is 86.8 cm³/mol. The van der Waals surface area contributed by atoms with E-state index in [0.717, 1.165) is 12.2 Å². The van der Waals surface area contributed by atoms with E-state index >= 15 is 0 Å². The number of nitrogens with zero attached hydrogens (tertiary/aromatic N) is 3.